The molecule has 0 saturated carbocycles. The van der Waals surface area contributed by atoms with Crippen molar-refractivity contribution in [2.24, 2.45) is 5.73 Å². The number of aromatic nitrogens is 1. The summed E-state index contributed by atoms with van der Waals surface area (Å²) in [5.74, 6) is -3.02. The molecule has 1 heterocycles. The van der Waals surface area contributed by atoms with Crippen LogP contribution in [0.2, 0.25) is 0 Å². The minimum Gasteiger partial charge on any atom is -0.505 e. The number of hydrogen-bond donors (Lipinski definition) is 3. The van der Waals surface area contributed by atoms with Gasteiger partial charge in [-0.2, -0.15) is 0 Å². The number of carbonyl (C=O) groups excluding carboxylic acids is 1. The first-order valence-electron chi connectivity index (χ1n) is 7.29. The minimum absolute atomic E-state index is 0.0171. The summed E-state index contributed by atoms with van der Waals surface area (Å²) < 4.78 is 13.0. The van der Waals surface area contributed by atoms with E-state index in [9.17, 15) is 24.2 Å². The second-order valence-electron chi connectivity index (χ2n) is 5.53. The molecule has 3 rings (SSSR count). The average molecular weight is 340 g/mol. The fourth-order valence-electron chi connectivity index (χ4n) is 2.62. The summed E-state index contributed by atoms with van der Waals surface area (Å²) in [6.45, 7) is 0. The molecule has 0 atom stereocenters. The highest BCUT2D eigenvalue weighted by Crippen LogP contribution is 2.31. The lowest BCUT2D eigenvalue weighted by atomic mass is 9.99. The summed E-state index contributed by atoms with van der Waals surface area (Å²) >= 11 is 0. The molecular formula is C18H13FN2O4. The monoisotopic (exact) mass is 340 g/mol. The van der Waals surface area contributed by atoms with Crippen LogP contribution in [0, 0.1) is 5.82 Å². The Morgan fingerprint density at radius 3 is 2.36 bits per heavy atom. The maximum Gasteiger partial charge on any atom is 0.336 e. The van der Waals surface area contributed by atoms with Gasteiger partial charge in [-0.15, -0.1) is 0 Å². The zero-order valence-corrected chi connectivity index (χ0v) is 12.9. The number of carbonyl (C=O) groups is 2. The van der Waals surface area contributed by atoms with Gasteiger partial charge in [-0.05, 0) is 41.8 Å². The number of phenols is 1. The molecule has 1 amide bonds. The highest BCUT2D eigenvalue weighted by Gasteiger charge is 2.20. The Hall–Kier alpha value is -3.48. The summed E-state index contributed by atoms with van der Waals surface area (Å²) in [6.07, 6.45) is 1.86. The van der Waals surface area contributed by atoms with E-state index in [1.807, 2.05) is 0 Å². The van der Waals surface area contributed by atoms with Crippen molar-refractivity contribution in [3.8, 4) is 5.75 Å². The van der Waals surface area contributed by atoms with Crippen molar-refractivity contribution in [2.75, 3.05) is 0 Å². The van der Waals surface area contributed by atoms with Gasteiger partial charge in [-0.25, -0.2) is 9.18 Å². The van der Waals surface area contributed by atoms with Crippen LogP contribution in [0.5, 0.6) is 5.75 Å². The van der Waals surface area contributed by atoms with Crippen LogP contribution in [0.25, 0.3) is 10.9 Å². The summed E-state index contributed by atoms with van der Waals surface area (Å²) in [4.78, 5) is 27.0. The Morgan fingerprint density at radius 1 is 1.08 bits per heavy atom. The fourth-order valence-corrected chi connectivity index (χ4v) is 2.62. The van der Waals surface area contributed by atoms with Gasteiger partial charge in [0.25, 0.3) is 5.91 Å². The van der Waals surface area contributed by atoms with Gasteiger partial charge in [0.2, 0.25) is 0 Å². The molecule has 0 aliphatic rings. The second-order valence-corrected chi connectivity index (χ2v) is 5.53. The number of amides is 1. The van der Waals surface area contributed by atoms with E-state index in [4.69, 9.17) is 5.73 Å². The highest BCUT2D eigenvalue weighted by atomic mass is 19.1. The topological polar surface area (TPSA) is 114 Å². The van der Waals surface area contributed by atoms with Crippen molar-refractivity contribution in [2.45, 2.75) is 6.42 Å². The minimum atomic E-state index is -1.27. The summed E-state index contributed by atoms with van der Waals surface area (Å²) in [7, 11) is 0. The van der Waals surface area contributed by atoms with Crippen molar-refractivity contribution in [3.05, 3.63) is 70.7 Å². The molecule has 25 heavy (non-hydrogen) atoms. The molecule has 6 nitrogen and oxygen atoms in total. The Labute approximate surface area is 141 Å². The normalized spacial score (nSPS) is 10.8. The molecule has 0 aliphatic carbocycles. The Morgan fingerprint density at radius 2 is 1.76 bits per heavy atom. The van der Waals surface area contributed by atoms with E-state index >= 15 is 0 Å². The molecule has 4 N–H and O–H groups in total. The van der Waals surface area contributed by atoms with Crippen molar-refractivity contribution in [1.82, 2.24) is 4.98 Å². The molecule has 126 valence electrons. The molecule has 7 heteroatoms. The van der Waals surface area contributed by atoms with E-state index in [-0.39, 0.29) is 27.8 Å². The van der Waals surface area contributed by atoms with Crippen LogP contribution in [0.15, 0.2) is 42.6 Å². The number of carboxylic acid groups (broad SMARTS) is 1. The lowest BCUT2D eigenvalue weighted by molar-refractivity contribution is 0.0699. The number of nitrogens with zero attached hydrogens (tertiary/aromatic N) is 1. The highest BCUT2D eigenvalue weighted by molar-refractivity contribution is 6.10. The van der Waals surface area contributed by atoms with Crippen LogP contribution in [0.3, 0.4) is 0 Å². The number of nitrogens with two attached hydrogens (primary N) is 1. The van der Waals surface area contributed by atoms with E-state index in [0.29, 0.717) is 12.0 Å². The zero-order chi connectivity index (χ0) is 18.1. The van der Waals surface area contributed by atoms with E-state index < -0.39 is 17.6 Å². The first-order valence-corrected chi connectivity index (χ1v) is 7.29. The third-order valence-electron chi connectivity index (χ3n) is 3.82. The Balaban J connectivity index is 2.14. The third-order valence-corrected chi connectivity index (χ3v) is 3.82. The van der Waals surface area contributed by atoms with Crippen molar-refractivity contribution in [1.29, 1.82) is 0 Å². The van der Waals surface area contributed by atoms with E-state index in [0.717, 1.165) is 11.6 Å². The van der Waals surface area contributed by atoms with Crippen LogP contribution < -0.4 is 5.73 Å². The first-order chi connectivity index (χ1) is 11.9. The maximum atomic E-state index is 13.0. The van der Waals surface area contributed by atoms with Crippen LogP contribution in [0.1, 0.15) is 31.8 Å². The number of halogens is 1. The number of pyridine rings is 1. The number of aromatic carboxylic acids is 1. The molecule has 0 unspecified atom stereocenters. The molecule has 0 radical (unpaired) electrons. The summed E-state index contributed by atoms with van der Waals surface area (Å²) in [5, 5.41) is 19.7. The largest absolute Gasteiger partial charge is 0.505 e. The smallest absolute Gasteiger partial charge is 0.336 e. The van der Waals surface area contributed by atoms with Crippen LogP contribution in [0.4, 0.5) is 4.39 Å². The number of primary amides is 1. The van der Waals surface area contributed by atoms with Crippen LogP contribution in [-0.4, -0.2) is 27.1 Å². The molecule has 0 saturated heterocycles. The van der Waals surface area contributed by atoms with Gasteiger partial charge >= 0.3 is 5.97 Å². The molecule has 0 bridgehead atoms. The van der Waals surface area contributed by atoms with Gasteiger partial charge in [-0.3, -0.25) is 9.78 Å². The number of carboxylic acids is 1. The molecule has 0 spiro atoms. The number of fused-ring (bicyclic) bond motifs is 1. The van der Waals surface area contributed by atoms with Crippen LogP contribution in [-0.2, 0) is 6.42 Å². The lowest BCUT2D eigenvalue weighted by Crippen LogP contribution is -2.13. The third kappa shape index (κ3) is 3.12. The number of hydrogen-bond acceptors (Lipinski definition) is 4. The van der Waals surface area contributed by atoms with Crippen molar-refractivity contribution in [3.63, 3.8) is 0 Å². The van der Waals surface area contributed by atoms with Gasteiger partial charge in [0, 0.05) is 11.6 Å². The zero-order valence-electron chi connectivity index (χ0n) is 12.9. The van der Waals surface area contributed by atoms with Gasteiger partial charge < -0.3 is 15.9 Å². The first kappa shape index (κ1) is 16.4. The number of aromatic hydroxyl groups is 1. The quantitative estimate of drug-likeness (QED) is 0.675. The summed E-state index contributed by atoms with van der Waals surface area (Å²) in [5.41, 5.74) is 6.16. The fraction of sp³-hybridized carbons (Fsp3) is 0.0556. The van der Waals surface area contributed by atoms with E-state index in [2.05, 4.69) is 4.98 Å². The van der Waals surface area contributed by atoms with Crippen molar-refractivity contribution < 1.29 is 24.2 Å². The lowest BCUT2D eigenvalue weighted by Gasteiger charge is -2.10. The predicted molar refractivity (Wildman–Crippen MR) is 88.1 cm³/mol. The Bertz CT molecular complexity index is 1000. The van der Waals surface area contributed by atoms with Gasteiger partial charge in [0.05, 0.1) is 11.1 Å². The molecule has 0 fully saturated rings. The molecule has 2 aromatic carbocycles. The molecular weight excluding hydrogens is 327 g/mol. The van der Waals surface area contributed by atoms with Gasteiger partial charge in [-0.1, -0.05) is 12.1 Å². The van der Waals surface area contributed by atoms with E-state index in [1.165, 1.54) is 18.3 Å². The molecule has 1 aromatic heterocycles. The maximum absolute atomic E-state index is 13.0. The number of benzene rings is 2. The van der Waals surface area contributed by atoms with Gasteiger partial charge in [0.1, 0.15) is 11.3 Å². The van der Waals surface area contributed by atoms with Gasteiger partial charge in [0.15, 0.2) is 5.75 Å². The predicted octanol–water partition coefficient (Wildman–Crippen LogP) is 2.47. The SMILES string of the molecule is NC(=O)c1cc(C(=O)O)c2cc(Cc3ccc(F)cc3)cnc2c1O. The second kappa shape index (κ2) is 6.20. The standard InChI is InChI=1S/C18H13FN2O4/c19-11-3-1-9(2-4-11)5-10-6-12-13(18(24)25)7-14(17(20)23)16(22)15(12)21-8-10/h1-4,6-8,22H,5H2,(H2,20,23)(H,24,25). The van der Waals surface area contributed by atoms with E-state index in [1.54, 1.807) is 18.2 Å². The molecule has 3 aromatic rings. The Kier molecular flexibility index (Phi) is 4.06. The summed E-state index contributed by atoms with van der Waals surface area (Å²) in [6, 6.07) is 8.50. The average Bonchev–Trinajstić information content (AvgIpc) is 2.56. The van der Waals surface area contributed by atoms with Crippen LogP contribution >= 0.6 is 0 Å². The number of rotatable bonds is 4. The van der Waals surface area contributed by atoms with Crippen molar-refractivity contribution >= 4 is 22.8 Å². The molecule has 0 aliphatic heterocycles.